The van der Waals surface area contributed by atoms with Gasteiger partial charge in [0.25, 0.3) is 0 Å². The summed E-state index contributed by atoms with van der Waals surface area (Å²) in [6.45, 7) is 4.58. The van der Waals surface area contributed by atoms with Gasteiger partial charge in [0.05, 0.1) is 12.6 Å². The van der Waals surface area contributed by atoms with E-state index in [1.165, 1.54) is 19.3 Å². The summed E-state index contributed by atoms with van der Waals surface area (Å²) in [4.78, 5) is 24.0. The molecule has 0 spiro atoms. The zero-order valence-corrected chi connectivity index (χ0v) is 16.7. The highest BCUT2D eigenvalue weighted by atomic mass is 16.5. The molecule has 3 heterocycles. The molecule has 3 rings (SSSR count). The maximum absolute atomic E-state index is 12.6. The lowest BCUT2D eigenvalue weighted by molar-refractivity contribution is -0.131. The molecular weight excluding hydrogens is 340 g/mol. The van der Waals surface area contributed by atoms with Crippen LogP contribution in [0.4, 0.5) is 0 Å². The van der Waals surface area contributed by atoms with E-state index in [0.717, 1.165) is 55.8 Å². The molecule has 1 aliphatic heterocycles. The number of hydrogen-bond donors (Lipinski definition) is 0. The Morgan fingerprint density at radius 1 is 1.22 bits per heavy atom. The van der Waals surface area contributed by atoms with Crippen molar-refractivity contribution >= 4 is 17.1 Å². The van der Waals surface area contributed by atoms with Crippen LogP contribution in [0.3, 0.4) is 0 Å². The van der Waals surface area contributed by atoms with E-state index in [-0.39, 0.29) is 6.04 Å². The van der Waals surface area contributed by atoms with Crippen molar-refractivity contribution in [1.82, 2.24) is 19.4 Å². The molecule has 6 nitrogen and oxygen atoms in total. The summed E-state index contributed by atoms with van der Waals surface area (Å²) < 4.78 is 7.50. The fourth-order valence-electron chi connectivity index (χ4n) is 3.98. The summed E-state index contributed by atoms with van der Waals surface area (Å²) in [7, 11) is 1.71. The van der Waals surface area contributed by atoms with Crippen LogP contribution in [0.25, 0.3) is 11.2 Å². The second-order valence-corrected chi connectivity index (χ2v) is 7.55. The highest BCUT2D eigenvalue weighted by Crippen LogP contribution is 2.21. The smallest absolute Gasteiger partial charge is 0.222 e. The molecule has 6 heteroatoms. The van der Waals surface area contributed by atoms with E-state index >= 15 is 0 Å². The lowest BCUT2D eigenvalue weighted by Crippen LogP contribution is -2.33. The summed E-state index contributed by atoms with van der Waals surface area (Å²) >= 11 is 0. The Hall–Kier alpha value is -1.95. The van der Waals surface area contributed by atoms with E-state index in [1.54, 1.807) is 13.3 Å². The molecular formula is C21H32N4O2. The van der Waals surface area contributed by atoms with Gasteiger partial charge in [0.15, 0.2) is 5.65 Å². The number of nitrogens with zero attached hydrogens (tertiary/aromatic N) is 4. The average Bonchev–Trinajstić information content (AvgIpc) is 2.99. The number of pyridine rings is 1. The molecule has 27 heavy (non-hydrogen) atoms. The highest BCUT2D eigenvalue weighted by molar-refractivity contribution is 5.76. The van der Waals surface area contributed by atoms with Crippen LogP contribution >= 0.6 is 0 Å². The Morgan fingerprint density at radius 2 is 1.96 bits per heavy atom. The Labute approximate surface area is 161 Å². The lowest BCUT2D eigenvalue weighted by atomic mass is 10.1. The van der Waals surface area contributed by atoms with Crippen molar-refractivity contribution in [3.63, 3.8) is 0 Å². The number of likely N-dealkylation sites (tertiary alicyclic amines) is 1. The number of hydrogen-bond acceptors (Lipinski definition) is 4. The van der Waals surface area contributed by atoms with Crippen LogP contribution in [0.1, 0.15) is 63.7 Å². The summed E-state index contributed by atoms with van der Waals surface area (Å²) in [5.74, 6) is 1.29. The van der Waals surface area contributed by atoms with E-state index in [2.05, 4.69) is 21.4 Å². The zero-order valence-electron chi connectivity index (χ0n) is 16.7. The molecule has 1 fully saturated rings. The van der Waals surface area contributed by atoms with Crippen LogP contribution in [-0.4, -0.2) is 52.1 Å². The van der Waals surface area contributed by atoms with Gasteiger partial charge in [-0.15, -0.1) is 0 Å². The highest BCUT2D eigenvalue weighted by Gasteiger charge is 2.18. The monoisotopic (exact) mass is 372 g/mol. The molecule has 1 amide bonds. The molecule has 1 aliphatic rings. The standard InChI is InChI=1S/C21H32N4O2/c1-17(16-27-2)25-19(23-18-10-9-13-22-21(18)25)11-8-12-20(26)24-14-6-4-3-5-7-15-24/h9-10,13,17H,3-8,11-12,14-16H2,1-2H3/t17-/m1/s1. The molecule has 1 atom stereocenters. The van der Waals surface area contributed by atoms with Crippen LogP contribution in [-0.2, 0) is 16.0 Å². The summed E-state index contributed by atoms with van der Waals surface area (Å²) in [5.41, 5.74) is 1.80. The average molecular weight is 373 g/mol. The molecule has 0 unspecified atom stereocenters. The molecule has 0 aromatic carbocycles. The second-order valence-electron chi connectivity index (χ2n) is 7.55. The van der Waals surface area contributed by atoms with E-state index in [0.29, 0.717) is 18.9 Å². The number of amides is 1. The normalized spacial score (nSPS) is 16.9. The van der Waals surface area contributed by atoms with Gasteiger partial charge in [-0.3, -0.25) is 4.79 Å². The minimum Gasteiger partial charge on any atom is -0.383 e. The van der Waals surface area contributed by atoms with Gasteiger partial charge in [-0.05, 0) is 38.3 Å². The lowest BCUT2D eigenvalue weighted by Gasteiger charge is -2.25. The van der Waals surface area contributed by atoms with Crippen LogP contribution in [0, 0.1) is 0 Å². The predicted molar refractivity (Wildman–Crippen MR) is 107 cm³/mol. The summed E-state index contributed by atoms with van der Waals surface area (Å²) in [6, 6.07) is 4.07. The molecule has 2 aromatic heterocycles. The van der Waals surface area contributed by atoms with E-state index in [4.69, 9.17) is 9.72 Å². The number of aromatic nitrogens is 3. The first-order valence-corrected chi connectivity index (χ1v) is 10.3. The van der Waals surface area contributed by atoms with Gasteiger partial charge in [0, 0.05) is 39.2 Å². The van der Waals surface area contributed by atoms with Crippen molar-refractivity contribution < 1.29 is 9.53 Å². The van der Waals surface area contributed by atoms with Crippen molar-refractivity contribution in [1.29, 1.82) is 0 Å². The summed E-state index contributed by atoms with van der Waals surface area (Å²) in [5, 5.41) is 0. The maximum atomic E-state index is 12.6. The van der Waals surface area contributed by atoms with Crippen LogP contribution in [0.5, 0.6) is 0 Å². The molecule has 148 valence electrons. The topological polar surface area (TPSA) is 60.2 Å². The first-order valence-electron chi connectivity index (χ1n) is 10.3. The van der Waals surface area contributed by atoms with Gasteiger partial charge < -0.3 is 14.2 Å². The third-order valence-electron chi connectivity index (χ3n) is 5.37. The van der Waals surface area contributed by atoms with Crippen molar-refractivity contribution in [2.75, 3.05) is 26.8 Å². The number of fused-ring (bicyclic) bond motifs is 1. The van der Waals surface area contributed by atoms with E-state index in [9.17, 15) is 4.79 Å². The number of rotatable bonds is 7. The maximum Gasteiger partial charge on any atom is 0.222 e. The largest absolute Gasteiger partial charge is 0.383 e. The third kappa shape index (κ3) is 5.06. The molecule has 0 N–H and O–H groups in total. The minimum absolute atomic E-state index is 0.162. The van der Waals surface area contributed by atoms with Crippen molar-refractivity contribution in [2.24, 2.45) is 0 Å². The van der Waals surface area contributed by atoms with Crippen LogP contribution < -0.4 is 0 Å². The van der Waals surface area contributed by atoms with Gasteiger partial charge >= 0.3 is 0 Å². The zero-order chi connectivity index (χ0) is 19.1. The quantitative estimate of drug-likeness (QED) is 0.742. The molecule has 0 saturated carbocycles. The minimum atomic E-state index is 0.162. The Bertz CT molecular complexity index is 735. The third-order valence-corrected chi connectivity index (χ3v) is 5.37. The number of imidazole rings is 1. The summed E-state index contributed by atoms with van der Waals surface area (Å²) in [6.07, 6.45) is 10.1. The fraction of sp³-hybridized carbons (Fsp3) is 0.667. The van der Waals surface area contributed by atoms with Gasteiger partial charge in [0.1, 0.15) is 11.3 Å². The first-order chi connectivity index (χ1) is 13.2. The van der Waals surface area contributed by atoms with E-state index < -0.39 is 0 Å². The van der Waals surface area contributed by atoms with Gasteiger partial charge in [0.2, 0.25) is 5.91 Å². The Kier molecular flexibility index (Phi) is 7.21. The number of carbonyl (C=O) groups is 1. The van der Waals surface area contributed by atoms with Crippen molar-refractivity contribution in [2.45, 2.75) is 64.3 Å². The second kappa shape index (κ2) is 9.83. The predicted octanol–water partition coefficient (Wildman–Crippen LogP) is 3.75. The SMILES string of the molecule is COC[C@@H](C)n1c(CCCC(=O)N2CCCCCCC2)nc2cccnc21. The Morgan fingerprint density at radius 3 is 2.70 bits per heavy atom. The van der Waals surface area contributed by atoms with Gasteiger partial charge in [-0.2, -0.15) is 0 Å². The molecule has 1 saturated heterocycles. The van der Waals surface area contributed by atoms with E-state index in [1.807, 2.05) is 12.1 Å². The number of ether oxygens (including phenoxy) is 1. The van der Waals surface area contributed by atoms with Crippen molar-refractivity contribution in [3.8, 4) is 0 Å². The Balaban J connectivity index is 1.64. The molecule has 2 aromatic rings. The van der Waals surface area contributed by atoms with Crippen molar-refractivity contribution in [3.05, 3.63) is 24.2 Å². The molecule has 0 bridgehead atoms. The van der Waals surface area contributed by atoms with Gasteiger partial charge in [-0.25, -0.2) is 9.97 Å². The molecule has 0 radical (unpaired) electrons. The van der Waals surface area contributed by atoms with Crippen LogP contribution in [0.2, 0.25) is 0 Å². The molecule has 0 aliphatic carbocycles. The van der Waals surface area contributed by atoms with Gasteiger partial charge in [-0.1, -0.05) is 19.3 Å². The fourth-order valence-corrected chi connectivity index (χ4v) is 3.98. The number of carbonyl (C=O) groups excluding carboxylic acids is 1. The first kappa shape index (κ1) is 19.8. The number of methoxy groups -OCH3 is 1. The van der Waals surface area contributed by atoms with Crippen LogP contribution in [0.15, 0.2) is 18.3 Å². The number of aryl methyl sites for hydroxylation is 1.